The largest absolute Gasteiger partial charge is 0.496 e. The minimum atomic E-state index is -1.26. The van der Waals surface area contributed by atoms with Crippen molar-refractivity contribution in [3.63, 3.8) is 0 Å². The molecule has 0 amide bonds. The number of hydrogen-bond donors (Lipinski definition) is 1. The lowest BCUT2D eigenvalue weighted by Gasteiger charge is -2.24. The molecule has 1 fully saturated rings. The number of halogens is 1. The van der Waals surface area contributed by atoms with Crippen LogP contribution in [0.25, 0.3) is 0 Å². The maximum atomic E-state index is 14.7. The lowest BCUT2D eigenvalue weighted by atomic mass is 9.90. The summed E-state index contributed by atoms with van der Waals surface area (Å²) in [6.45, 7) is 2.09. The van der Waals surface area contributed by atoms with Gasteiger partial charge in [0.1, 0.15) is 11.4 Å². The predicted octanol–water partition coefficient (Wildman–Crippen LogP) is 2.62. The maximum Gasteiger partial charge on any atom is 0.130 e. The van der Waals surface area contributed by atoms with Gasteiger partial charge in [-0.25, -0.2) is 4.39 Å². The third-order valence-electron chi connectivity index (χ3n) is 3.57. The Morgan fingerprint density at radius 1 is 1.47 bits per heavy atom. The van der Waals surface area contributed by atoms with Gasteiger partial charge >= 0.3 is 0 Å². The number of rotatable bonds is 5. The van der Waals surface area contributed by atoms with E-state index in [1.807, 2.05) is 25.1 Å². The van der Waals surface area contributed by atoms with Gasteiger partial charge < -0.3 is 10.5 Å². The van der Waals surface area contributed by atoms with Crippen molar-refractivity contribution in [3.8, 4) is 5.75 Å². The second-order valence-electron chi connectivity index (χ2n) is 5.01. The minimum Gasteiger partial charge on any atom is -0.496 e. The van der Waals surface area contributed by atoms with Gasteiger partial charge in [0.05, 0.1) is 7.11 Å². The highest BCUT2D eigenvalue weighted by Crippen LogP contribution is 2.44. The molecule has 0 aliphatic heterocycles. The van der Waals surface area contributed by atoms with Crippen molar-refractivity contribution in [1.82, 2.24) is 0 Å². The Hall–Kier alpha value is -1.09. The standard InChI is InChI=1S/C14H20FNO/c1-10-3-6-13(17-2)11(7-10)8-14(15,9-16)12-4-5-12/h3,6-7,12H,4-5,8-9,16H2,1-2H3. The van der Waals surface area contributed by atoms with Gasteiger partial charge in [0.25, 0.3) is 0 Å². The van der Waals surface area contributed by atoms with Crippen LogP contribution in [0.3, 0.4) is 0 Å². The topological polar surface area (TPSA) is 35.2 Å². The van der Waals surface area contributed by atoms with Gasteiger partial charge in [-0.3, -0.25) is 0 Å². The number of nitrogens with two attached hydrogens (primary N) is 1. The van der Waals surface area contributed by atoms with Crippen LogP contribution in [0.5, 0.6) is 5.75 Å². The second-order valence-corrected chi connectivity index (χ2v) is 5.01. The summed E-state index contributed by atoms with van der Waals surface area (Å²) in [5.74, 6) is 0.893. The van der Waals surface area contributed by atoms with Crippen LogP contribution >= 0.6 is 0 Å². The quantitative estimate of drug-likeness (QED) is 0.854. The van der Waals surface area contributed by atoms with Crippen LogP contribution in [-0.4, -0.2) is 19.3 Å². The number of hydrogen-bond acceptors (Lipinski definition) is 2. The lowest BCUT2D eigenvalue weighted by Crippen LogP contribution is -2.37. The van der Waals surface area contributed by atoms with Crippen LogP contribution in [0, 0.1) is 12.8 Å². The van der Waals surface area contributed by atoms with E-state index < -0.39 is 5.67 Å². The molecule has 1 aliphatic rings. The number of aryl methyl sites for hydroxylation is 1. The maximum absolute atomic E-state index is 14.7. The first-order valence-electron chi connectivity index (χ1n) is 6.11. The Labute approximate surface area is 102 Å². The van der Waals surface area contributed by atoms with Crippen molar-refractivity contribution >= 4 is 0 Å². The number of ether oxygens (including phenoxy) is 1. The third kappa shape index (κ3) is 2.60. The van der Waals surface area contributed by atoms with Crippen molar-refractivity contribution in [2.24, 2.45) is 11.7 Å². The Morgan fingerprint density at radius 2 is 2.18 bits per heavy atom. The molecular formula is C14H20FNO. The highest BCUT2D eigenvalue weighted by Gasteiger charge is 2.45. The molecule has 0 saturated heterocycles. The number of alkyl halides is 1. The molecule has 2 nitrogen and oxygen atoms in total. The van der Waals surface area contributed by atoms with Crippen molar-refractivity contribution in [1.29, 1.82) is 0 Å². The fourth-order valence-corrected chi connectivity index (χ4v) is 2.35. The van der Waals surface area contributed by atoms with E-state index in [4.69, 9.17) is 10.5 Å². The normalized spacial score (nSPS) is 18.8. The molecule has 2 N–H and O–H groups in total. The van der Waals surface area contributed by atoms with Crippen LogP contribution in [-0.2, 0) is 6.42 Å². The Balaban J connectivity index is 2.24. The first-order chi connectivity index (χ1) is 8.09. The summed E-state index contributed by atoms with van der Waals surface area (Å²) in [7, 11) is 1.62. The van der Waals surface area contributed by atoms with Crippen LogP contribution in [0.4, 0.5) is 4.39 Å². The molecule has 0 heterocycles. The minimum absolute atomic E-state index is 0.0920. The van der Waals surface area contributed by atoms with Crippen LogP contribution < -0.4 is 10.5 Å². The summed E-state index contributed by atoms with van der Waals surface area (Å²) >= 11 is 0. The van der Waals surface area contributed by atoms with Crippen molar-refractivity contribution in [2.45, 2.75) is 31.9 Å². The molecule has 1 atom stereocenters. The average Bonchev–Trinajstić information content (AvgIpc) is 3.13. The second kappa shape index (κ2) is 4.65. The molecule has 1 unspecified atom stereocenters. The molecule has 17 heavy (non-hydrogen) atoms. The Bertz CT molecular complexity index is 403. The molecule has 3 heteroatoms. The van der Waals surface area contributed by atoms with Crippen LogP contribution in [0.1, 0.15) is 24.0 Å². The highest BCUT2D eigenvalue weighted by molar-refractivity contribution is 5.38. The van der Waals surface area contributed by atoms with Crippen molar-refractivity contribution in [2.75, 3.05) is 13.7 Å². The first-order valence-corrected chi connectivity index (χ1v) is 6.11. The molecule has 1 aromatic carbocycles. The van der Waals surface area contributed by atoms with Gasteiger partial charge in [0, 0.05) is 13.0 Å². The van der Waals surface area contributed by atoms with Crippen LogP contribution in [0.2, 0.25) is 0 Å². The zero-order valence-corrected chi connectivity index (χ0v) is 10.5. The van der Waals surface area contributed by atoms with Crippen molar-refractivity contribution in [3.05, 3.63) is 29.3 Å². The van der Waals surface area contributed by atoms with Gasteiger partial charge in [-0.2, -0.15) is 0 Å². The molecule has 1 saturated carbocycles. The van der Waals surface area contributed by atoms with Gasteiger partial charge in [-0.1, -0.05) is 17.7 Å². The number of benzene rings is 1. The molecule has 0 bridgehead atoms. The summed E-state index contributed by atoms with van der Waals surface area (Å²) in [6.07, 6.45) is 2.28. The van der Waals surface area contributed by atoms with E-state index >= 15 is 0 Å². The van der Waals surface area contributed by atoms with E-state index in [9.17, 15) is 4.39 Å². The Kier molecular flexibility index (Phi) is 3.38. The SMILES string of the molecule is COc1ccc(C)cc1CC(F)(CN)C1CC1. The molecule has 2 rings (SSSR count). The predicted molar refractivity (Wildman–Crippen MR) is 67.1 cm³/mol. The molecule has 1 aliphatic carbocycles. The van der Waals surface area contributed by atoms with E-state index in [0.717, 1.165) is 29.7 Å². The zero-order chi connectivity index (χ0) is 12.5. The smallest absolute Gasteiger partial charge is 0.130 e. The summed E-state index contributed by atoms with van der Waals surface area (Å²) in [4.78, 5) is 0. The molecule has 0 spiro atoms. The van der Waals surface area contributed by atoms with Gasteiger partial charge in [-0.05, 0) is 37.3 Å². The summed E-state index contributed by atoms with van der Waals surface area (Å²) in [5.41, 5.74) is 6.39. The lowest BCUT2D eigenvalue weighted by molar-refractivity contribution is 0.141. The molecule has 1 aromatic rings. The molecule has 0 radical (unpaired) electrons. The molecule has 94 valence electrons. The van der Waals surface area contributed by atoms with Crippen molar-refractivity contribution < 1.29 is 9.13 Å². The monoisotopic (exact) mass is 237 g/mol. The van der Waals surface area contributed by atoms with Gasteiger partial charge in [0.15, 0.2) is 0 Å². The summed E-state index contributed by atoms with van der Waals surface area (Å²) < 4.78 is 19.9. The Morgan fingerprint density at radius 3 is 2.71 bits per heavy atom. The van der Waals surface area contributed by atoms with Crippen LogP contribution in [0.15, 0.2) is 18.2 Å². The summed E-state index contributed by atoms with van der Waals surface area (Å²) in [5, 5.41) is 0. The fraction of sp³-hybridized carbons (Fsp3) is 0.571. The van der Waals surface area contributed by atoms with E-state index in [1.54, 1.807) is 7.11 Å². The van der Waals surface area contributed by atoms with E-state index in [1.165, 1.54) is 0 Å². The molecular weight excluding hydrogens is 217 g/mol. The number of methoxy groups -OCH3 is 1. The summed E-state index contributed by atoms with van der Waals surface area (Å²) in [6, 6.07) is 5.86. The van der Waals surface area contributed by atoms with Gasteiger partial charge in [-0.15, -0.1) is 0 Å². The van der Waals surface area contributed by atoms with E-state index in [2.05, 4.69) is 0 Å². The molecule has 0 aromatic heterocycles. The van der Waals surface area contributed by atoms with E-state index in [0.29, 0.717) is 6.42 Å². The highest BCUT2D eigenvalue weighted by atomic mass is 19.1. The van der Waals surface area contributed by atoms with E-state index in [-0.39, 0.29) is 12.5 Å². The average molecular weight is 237 g/mol. The zero-order valence-electron chi connectivity index (χ0n) is 10.5. The van der Waals surface area contributed by atoms with Gasteiger partial charge in [0.2, 0.25) is 0 Å². The fourth-order valence-electron chi connectivity index (χ4n) is 2.35. The first kappa shape index (κ1) is 12.4. The third-order valence-corrected chi connectivity index (χ3v) is 3.57.